The van der Waals surface area contributed by atoms with E-state index in [1.54, 1.807) is 14.2 Å². The van der Waals surface area contributed by atoms with E-state index in [0.717, 1.165) is 61.8 Å². The zero-order valence-corrected chi connectivity index (χ0v) is 28.8. The van der Waals surface area contributed by atoms with E-state index < -0.39 is 22.6 Å². The maximum absolute atomic E-state index is 10.6. The number of benzene rings is 2. The van der Waals surface area contributed by atoms with Crippen LogP contribution in [-0.4, -0.2) is 115 Å². The van der Waals surface area contributed by atoms with Gasteiger partial charge >= 0.3 is 10.4 Å². The number of aliphatic hydroxyl groups excluding tert-OH is 2. The molecule has 2 aromatic carbocycles. The van der Waals surface area contributed by atoms with Gasteiger partial charge < -0.3 is 39.0 Å². The molecule has 4 bridgehead atoms. The molecule has 264 valence electrons. The van der Waals surface area contributed by atoms with E-state index in [9.17, 15) is 10.2 Å². The number of ether oxygens (including phenoxy) is 4. The largest absolute Gasteiger partial charge is 0.493 e. The van der Waals surface area contributed by atoms with E-state index >= 15 is 0 Å². The van der Waals surface area contributed by atoms with Crippen LogP contribution in [0.2, 0.25) is 0 Å². The average Bonchev–Trinajstić information content (AvgIpc) is 3.60. The van der Waals surface area contributed by atoms with Crippen molar-refractivity contribution in [3.05, 3.63) is 70.8 Å². The third-order valence-corrected chi connectivity index (χ3v) is 12.7. The number of hydrogen-bond donors (Lipinski definition) is 4. The Morgan fingerprint density at radius 3 is 1.47 bits per heavy atom. The monoisotopic (exact) mass is 696 g/mol. The molecule has 4 N–H and O–H groups in total. The highest BCUT2D eigenvalue weighted by Crippen LogP contribution is 2.64. The zero-order chi connectivity index (χ0) is 34.6. The molecule has 4 heterocycles. The number of methoxy groups -OCH3 is 2. The summed E-state index contributed by atoms with van der Waals surface area (Å²) in [6, 6.07) is 9.40. The lowest BCUT2D eigenvalue weighted by Crippen LogP contribution is -2.64. The summed E-state index contributed by atoms with van der Waals surface area (Å²) in [5.74, 6) is 4.18. The van der Waals surface area contributed by atoms with Crippen LogP contribution in [-0.2, 0) is 34.1 Å². The first kappa shape index (κ1) is 33.0. The van der Waals surface area contributed by atoms with Crippen LogP contribution in [0.25, 0.3) is 0 Å². The normalized spacial score (nSPS) is 38.0. The van der Waals surface area contributed by atoms with E-state index in [4.69, 9.17) is 36.5 Å². The molecule has 2 aromatic rings. The van der Waals surface area contributed by atoms with Crippen LogP contribution in [0.5, 0.6) is 23.0 Å². The fourth-order valence-corrected chi connectivity index (χ4v) is 10.8. The molecule has 0 aromatic heterocycles. The van der Waals surface area contributed by atoms with Gasteiger partial charge in [0.05, 0.1) is 14.2 Å². The Balaban J connectivity index is 0.000000125. The molecular weight excluding hydrogens is 652 g/mol. The van der Waals surface area contributed by atoms with Gasteiger partial charge in [-0.1, -0.05) is 36.4 Å². The number of piperidine rings is 2. The minimum atomic E-state index is -4.67. The molecule has 4 aliphatic carbocycles. The van der Waals surface area contributed by atoms with Gasteiger partial charge in [0.25, 0.3) is 0 Å². The summed E-state index contributed by atoms with van der Waals surface area (Å²) in [5, 5.41) is 21.1. The van der Waals surface area contributed by atoms with Crippen molar-refractivity contribution in [2.75, 3.05) is 41.4 Å². The SMILES string of the molecule is COc1ccc2c3c1OC1[C@@H](O)C=C[C@H]4[C@@H](C2)N(C)CC[C@]314.COc1ccc2c3c1OC1[C@@H](O)C=C[C@H]4[C@@H](C2)N(C)CC[C@]314.O=S(=O)(O)O. The fraction of sp³-hybridized carbons (Fsp3) is 0.556. The van der Waals surface area contributed by atoms with Crippen molar-refractivity contribution in [1.82, 2.24) is 9.80 Å². The maximum atomic E-state index is 10.6. The molecule has 2 saturated heterocycles. The van der Waals surface area contributed by atoms with Crippen LogP contribution in [0.1, 0.15) is 35.1 Å². The summed E-state index contributed by atoms with van der Waals surface area (Å²) in [7, 11) is 3.15. The van der Waals surface area contributed by atoms with Crippen molar-refractivity contribution in [3.8, 4) is 23.0 Å². The summed E-state index contributed by atoms with van der Waals surface area (Å²) in [6.07, 6.45) is 11.1. The van der Waals surface area contributed by atoms with E-state index in [0.29, 0.717) is 23.9 Å². The van der Waals surface area contributed by atoms with Crippen molar-refractivity contribution < 1.29 is 46.7 Å². The number of rotatable bonds is 2. The zero-order valence-electron chi connectivity index (χ0n) is 28.0. The molecule has 49 heavy (non-hydrogen) atoms. The average molecular weight is 697 g/mol. The molecular formula is C36H44N2O10S. The summed E-state index contributed by atoms with van der Waals surface area (Å²) >= 11 is 0. The Hall–Kier alpha value is -3.17. The van der Waals surface area contributed by atoms with Crippen LogP contribution in [0, 0.1) is 11.8 Å². The van der Waals surface area contributed by atoms with Crippen molar-refractivity contribution in [1.29, 1.82) is 0 Å². The van der Waals surface area contributed by atoms with Crippen molar-refractivity contribution in [2.45, 2.75) is 73.0 Å². The molecule has 0 radical (unpaired) electrons. The van der Waals surface area contributed by atoms with Gasteiger partial charge in [-0.15, -0.1) is 0 Å². The van der Waals surface area contributed by atoms with Crippen LogP contribution < -0.4 is 18.9 Å². The third-order valence-electron chi connectivity index (χ3n) is 12.7. The molecule has 2 unspecified atom stereocenters. The fourth-order valence-electron chi connectivity index (χ4n) is 10.8. The quantitative estimate of drug-likeness (QED) is 0.269. The van der Waals surface area contributed by atoms with Crippen LogP contribution >= 0.6 is 0 Å². The van der Waals surface area contributed by atoms with Gasteiger partial charge in [0.1, 0.15) is 24.4 Å². The van der Waals surface area contributed by atoms with Gasteiger partial charge in [-0.2, -0.15) is 8.42 Å². The summed E-state index contributed by atoms with van der Waals surface area (Å²) in [5.41, 5.74) is 5.21. The molecule has 13 heteroatoms. The molecule has 0 saturated carbocycles. The Morgan fingerprint density at radius 2 is 1.10 bits per heavy atom. The van der Waals surface area contributed by atoms with Crippen LogP contribution in [0.15, 0.2) is 48.6 Å². The van der Waals surface area contributed by atoms with E-state index in [1.807, 2.05) is 24.3 Å². The van der Waals surface area contributed by atoms with Crippen LogP contribution in [0.3, 0.4) is 0 Å². The Labute approximate surface area is 286 Å². The van der Waals surface area contributed by atoms with Gasteiger partial charge in [-0.3, -0.25) is 9.11 Å². The number of aliphatic hydroxyl groups is 2. The second-order valence-electron chi connectivity index (χ2n) is 14.7. The van der Waals surface area contributed by atoms with Crippen molar-refractivity contribution in [2.24, 2.45) is 11.8 Å². The van der Waals surface area contributed by atoms with Gasteiger partial charge in [0, 0.05) is 45.9 Å². The highest BCUT2D eigenvalue weighted by Gasteiger charge is 2.65. The van der Waals surface area contributed by atoms with E-state index in [2.05, 4.69) is 48.2 Å². The number of nitrogens with zero attached hydrogens (tertiary/aromatic N) is 2. The van der Waals surface area contributed by atoms with Gasteiger partial charge in [0.2, 0.25) is 0 Å². The summed E-state index contributed by atoms with van der Waals surface area (Å²) in [4.78, 5) is 4.94. The smallest absolute Gasteiger partial charge is 0.394 e. The molecule has 0 amide bonds. The first-order chi connectivity index (χ1) is 23.3. The minimum absolute atomic E-state index is 0.0806. The topological polar surface area (TPSA) is 158 Å². The predicted octanol–water partition coefficient (Wildman–Crippen LogP) is 2.35. The Kier molecular flexibility index (Phi) is 7.69. The Morgan fingerprint density at radius 1 is 0.714 bits per heavy atom. The summed E-state index contributed by atoms with van der Waals surface area (Å²) in [6.45, 7) is 2.11. The van der Waals surface area contributed by atoms with Gasteiger partial charge in [-0.05, 0) is 76.1 Å². The lowest BCUT2D eigenvalue weighted by atomic mass is 9.53. The molecule has 10 rings (SSSR count). The lowest BCUT2D eigenvalue weighted by molar-refractivity contribution is -0.0453. The lowest BCUT2D eigenvalue weighted by Gasteiger charge is -2.56. The molecule has 4 aliphatic heterocycles. The number of likely N-dealkylation sites (N-methyl/N-ethyl adjacent to an activating group) is 2. The highest BCUT2D eigenvalue weighted by molar-refractivity contribution is 7.79. The minimum Gasteiger partial charge on any atom is -0.493 e. The standard InChI is InChI=1S/2C18H21NO3.H2O4S/c2*1-19-8-7-18-11-4-5-13(20)17(18)22-16-14(21-2)6-3-10(15(16)18)9-12(11)19;1-5(2,3)4/h2*3-6,11-13,17,20H,7-9H2,1-2H3;(H2,1,2,3,4)/t2*11-,12+,13-,17?,18-;/m00./s1. The highest BCUT2D eigenvalue weighted by atomic mass is 32.3. The van der Waals surface area contributed by atoms with Gasteiger partial charge in [-0.25, -0.2) is 0 Å². The Bertz CT molecular complexity index is 1720. The first-order valence-electron chi connectivity index (χ1n) is 16.9. The molecule has 2 fully saturated rings. The summed E-state index contributed by atoms with van der Waals surface area (Å²) < 4.78 is 55.3. The predicted molar refractivity (Wildman–Crippen MR) is 179 cm³/mol. The van der Waals surface area contributed by atoms with Crippen LogP contribution in [0.4, 0.5) is 0 Å². The van der Waals surface area contributed by atoms with Crippen molar-refractivity contribution >= 4 is 10.4 Å². The second kappa shape index (κ2) is 11.4. The molecule has 10 atom stereocenters. The molecule has 2 spiro atoms. The number of likely N-dealkylation sites (tertiary alicyclic amines) is 2. The second-order valence-corrected chi connectivity index (χ2v) is 15.6. The maximum Gasteiger partial charge on any atom is 0.394 e. The van der Waals surface area contributed by atoms with Gasteiger partial charge in [0.15, 0.2) is 23.0 Å². The molecule has 12 nitrogen and oxygen atoms in total. The third kappa shape index (κ3) is 4.66. The molecule has 8 aliphatic rings. The van der Waals surface area contributed by atoms with E-state index in [1.165, 1.54) is 22.3 Å². The first-order valence-corrected chi connectivity index (χ1v) is 18.3. The van der Waals surface area contributed by atoms with Crippen molar-refractivity contribution in [3.63, 3.8) is 0 Å². The number of hydrogen-bond acceptors (Lipinski definition) is 10. The van der Waals surface area contributed by atoms with E-state index in [-0.39, 0.29) is 23.0 Å².